The molecule has 1 aromatic carbocycles. The molecule has 2 aliphatic rings. The van der Waals surface area contributed by atoms with Crippen LogP contribution in [0.15, 0.2) is 30.3 Å². The van der Waals surface area contributed by atoms with Gasteiger partial charge in [-0.3, -0.25) is 9.59 Å². The van der Waals surface area contributed by atoms with E-state index in [-0.39, 0.29) is 17.7 Å². The third-order valence-corrected chi connectivity index (χ3v) is 5.89. The summed E-state index contributed by atoms with van der Waals surface area (Å²) in [6, 6.07) is 10.9. The molecule has 26 heavy (non-hydrogen) atoms. The van der Waals surface area contributed by atoms with Crippen molar-refractivity contribution in [3.8, 4) is 0 Å². The van der Waals surface area contributed by atoms with Crippen molar-refractivity contribution in [3.63, 3.8) is 0 Å². The number of rotatable bonds is 6. The Hall–Kier alpha value is -2.04. The van der Waals surface area contributed by atoms with Gasteiger partial charge in [0, 0.05) is 50.7 Å². The zero-order valence-corrected chi connectivity index (χ0v) is 15.8. The number of amides is 2. The third kappa shape index (κ3) is 4.77. The predicted octanol–water partition coefficient (Wildman–Crippen LogP) is 2.81. The van der Waals surface area contributed by atoms with E-state index < -0.39 is 0 Å². The van der Waals surface area contributed by atoms with Gasteiger partial charge >= 0.3 is 0 Å². The van der Waals surface area contributed by atoms with Crippen LogP contribution < -0.4 is 10.2 Å². The summed E-state index contributed by atoms with van der Waals surface area (Å²) in [5.74, 6) is 0.477. The maximum absolute atomic E-state index is 12.4. The van der Waals surface area contributed by atoms with Gasteiger partial charge < -0.3 is 15.1 Å². The molecule has 0 radical (unpaired) electrons. The van der Waals surface area contributed by atoms with Crippen molar-refractivity contribution in [2.24, 2.45) is 5.92 Å². The van der Waals surface area contributed by atoms with Crippen molar-refractivity contribution >= 4 is 17.5 Å². The number of nitrogens with zero attached hydrogens (tertiary/aromatic N) is 2. The molecular weight excluding hydrogens is 326 g/mol. The summed E-state index contributed by atoms with van der Waals surface area (Å²) in [5.41, 5.74) is 1.23. The molecule has 0 atom stereocenters. The summed E-state index contributed by atoms with van der Waals surface area (Å²) >= 11 is 0. The first-order valence-corrected chi connectivity index (χ1v) is 9.98. The molecule has 0 aromatic heterocycles. The Morgan fingerprint density at radius 2 is 1.73 bits per heavy atom. The Kier molecular flexibility index (Phi) is 6.53. The summed E-state index contributed by atoms with van der Waals surface area (Å²) in [6.07, 6.45) is 6.71. The molecule has 1 aromatic rings. The highest BCUT2D eigenvalue weighted by molar-refractivity contribution is 5.80. The van der Waals surface area contributed by atoms with Gasteiger partial charge in [-0.2, -0.15) is 0 Å². The first-order valence-electron chi connectivity index (χ1n) is 9.98. The molecule has 2 fully saturated rings. The Bertz CT molecular complexity index is 591. The summed E-state index contributed by atoms with van der Waals surface area (Å²) in [5, 5.41) is 2.95. The van der Waals surface area contributed by atoms with Gasteiger partial charge in [-0.1, -0.05) is 31.0 Å². The van der Waals surface area contributed by atoms with E-state index in [1.807, 2.05) is 11.0 Å². The average molecular weight is 357 g/mol. The number of benzene rings is 1. The molecule has 5 heteroatoms. The van der Waals surface area contributed by atoms with Crippen molar-refractivity contribution in [1.29, 1.82) is 0 Å². The molecule has 1 saturated heterocycles. The van der Waals surface area contributed by atoms with E-state index in [1.165, 1.54) is 5.69 Å². The fourth-order valence-electron chi connectivity index (χ4n) is 4.16. The van der Waals surface area contributed by atoms with Gasteiger partial charge in [-0.05, 0) is 37.8 Å². The van der Waals surface area contributed by atoms with Crippen LogP contribution in [0.25, 0.3) is 0 Å². The molecule has 1 saturated carbocycles. The highest BCUT2D eigenvalue weighted by Crippen LogP contribution is 2.25. The molecule has 142 valence electrons. The SMILES string of the molecule is CN(c1ccccc1)C1CCN(C(=O)CCNC(=O)C2CCCC2)CC1. The van der Waals surface area contributed by atoms with Crippen LogP contribution in [-0.4, -0.2) is 49.4 Å². The third-order valence-electron chi connectivity index (χ3n) is 5.89. The van der Waals surface area contributed by atoms with Crippen LogP contribution in [0.5, 0.6) is 0 Å². The van der Waals surface area contributed by atoms with Crippen LogP contribution in [-0.2, 0) is 9.59 Å². The Morgan fingerprint density at radius 1 is 1.08 bits per heavy atom. The second-order valence-electron chi connectivity index (χ2n) is 7.58. The van der Waals surface area contributed by atoms with Crippen molar-refractivity contribution < 1.29 is 9.59 Å². The second kappa shape index (κ2) is 9.06. The van der Waals surface area contributed by atoms with E-state index in [9.17, 15) is 9.59 Å². The summed E-state index contributed by atoms with van der Waals surface area (Å²) in [7, 11) is 2.13. The smallest absolute Gasteiger partial charge is 0.224 e. The molecule has 3 rings (SSSR count). The maximum atomic E-state index is 12.4. The van der Waals surface area contributed by atoms with Crippen molar-refractivity contribution in [3.05, 3.63) is 30.3 Å². The van der Waals surface area contributed by atoms with Crippen LogP contribution in [0.3, 0.4) is 0 Å². The quantitative estimate of drug-likeness (QED) is 0.852. The van der Waals surface area contributed by atoms with E-state index in [2.05, 4.69) is 41.5 Å². The number of piperidine rings is 1. The molecular formula is C21H31N3O2. The number of likely N-dealkylation sites (tertiary alicyclic amines) is 1. The lowest BCUT2D eigenvalue weighted by molar-refractivity contribution is -0.132. The molecule has 0 unspecified atom stereocenters. The number of hydrogen-bond acceptors (Lipinski definition) is 3. The minimum Gasteiger partial charge on any atom is -0.371 e. The van der Waals surface area contributed by atoms with Gasteiger partial charge in [0.1, 0.15) is 0 Å². The van der Waals surface area contributed by atoms with E-state index >= 15 is 0 Å². The molecule has 1 aliphatic heterocycles. The molecule has 5 nitrogen and oxygen atoms in total. The molecule has 0 spiro atoms. The number of carbonyl (C=O) groups is 2. The van der Waals surface area contributed by atoms with Crippen molar-refractivity contribution in [2.45, 2.75) is 51.0 Å². The number of hydrogen-bond donors (Lipinski definition) is 1. The fraction of sp³-hybridized carbons (Fsp3) is 0.619. The first-order chi connectivity index (χ1) is 12.6. The monoisotopic (exact) mass is 357 g/mol. The van der Waals surface area contributed by atoms with E-state index in [4.69, 9.17) is 0 Å². The lowest BCUT2D eigenvalue weighted by atomic mass is 10.0. The minimum absolute atomic E-state index is 0.137. The zero-order chi connectivity index (χ0) is 18.4. The van der Waals surface area contributed by atoms with Crippen LogP contribution in [0.1, 0.15) is 44.9 Å². The van der Waals surface area contributed by atoms with Gasteiger partial charge in [0.05, 0.1) is 0 Å². The van der Waals surface area contributed by atoms with Crippen molar-refractivity contribution in [2.75, 3.05) is 31.6 Å². The predicted molar refractivity (Wildman–Crippen MR) is 104 cm³/mol. The van der Waals surface area contributed by atoms with Crippen molar-refractivity contribution in [1.82, 2.24) is 10.2 Å². The number of anilines is 1. The number of carbonyl (C=O) groups excluding carboxylic acids is 2. The second-order valence-corrected chi connectivity index (χ2v) is 7.58. The van der Waals surface area contributed by atoms with E-state index in [0.29, 0.717) is 19.0 Å². The summed E-state index contributed by atoms with van der Waals surface area (Å²) in [4.78, 5) is 28.7. The van der Waals surface area contributed by atoms with Crippen LogP contribution in [0.4, 0.5) is 5.69 Å². The normalized spacial score (nSPS) is 18.7. The van der Waals surface area contributed by atoms with Crippen LogP contribution in [0, 0.1) is 5.92 Å². The van der Waals surface area contributed by atoms with Gasteiger partial charge in [-0.15, -0.1) is 0 Å². The Morgan fingerprint density at radius 3 is 2.38 bits per heavy atom. The standard InChI is InChI=1S/C21H31N3O2/c1-23(18-9-3-2-4-10-18)19-12-15-24(16-13-19)20(25)11-14-22-21(26)17-7-5-6-8-17/h2-4,9-10,17,19H,5-8,11-16H2,1H3,(H,22,26). The highest BCUT2D eigenvalue weighted by Gasteiger charge is 2.26. The number of nitrogens with one attached hydrogen (secondary N) is 1. The molecule has 1 heterocycles. The topological polar surface area (TPSA) is 52.6 Å². The van der Waals surface area contributed by atoms with E-state index in [0.717, 1.165) is 51.6 Å². The Balaban J connectivity index is 1.37. The van der Waals surface area contributed by atoms with Gasteiger partial charge in [0.15, 0.2) is 0 Å². The van der Waals surface area contributed by atoms with E-state index in [1.54, 1.807) is 0 Å². The minimum atomic E-state index is 0.137. The maximum Gasteiger partial charge on any atom is 0.224 e. The molecule has 1 N–H and O–H groups in total. The summed E-state index contributed by atoms with van der Waals surface area (Å²) in [6.45, 7) is 2.08. The lowest BCUT2D eigenvalue weighted by Crippen LogP contribution is -2.46. The van der Waals surface area contributed by atoms with Gasteiger partial charge in [0.25, 0.3) is 0 Å². The largest absolute Gasteiger partial charge is 0.371 e. The average Bonchev–Trinajstić information content (AvgIpc) is 3.23. The van der Waals surface area contributed by atoms with Gasteiger partial charge in [-0.25, -0.2) is 0 Å². The van der Waals surface area contributed by atoms with Crippen LogP contribution >= 0.6 is 0 Å². The zero-order valence-electron chi connectivity index (χ0n) is 15.8. The molecule has 0 bridgehead atoms. The molecule has 1 aliphatic carbocycles. The fourth-order valence-corrected chi connectivity index (χ4v) is 4.16. The summed E-state index contributed by atoms with van der Waals surface area (Å²) < 4.78 is 0. The molecule has 2 amide bonds. The van der Waals surface area contributed by atoms with Gasteiger partial charge in [0.2, 0.25) is 11.8 Å². The van der Waals surface area contributed by atoms with Crippen LogP contribution in [0.2, 0.25) is 0 Å². The first kappa shape index (κ1) is 18.7. The highest BCUT2D eigenvalue weighted by atomic mass is 16.2. The lowest BCUT2D eigenvalue weighted by Gasteiger charge is -2.38. The Labute approximate surface area is 156 Å². The number of para-hydroxylation sites is 1.